The first-order valence-corrected chi connectivity index (χ1v) is 3.12. The van der Waals surface area contributed by atoms with Gasteiger partial charge in [-0.3, -0.25) is 0 Å². The van der Waals surface area contributed by atoms with Gasteiger partial charge in [0, 0.05) is 0 Å². The van der Waals surface area contributed by atoms with Crippen LogP contribution in [-0.4, -0.2) is 18.3 Å². The van der Waals surface area contributed by atoms with Crippen LogP contribution in [0, 0.1) is 0 Å². The Morgan fingerprint density at radius 1 is 1.83 bits per heavy atom. The Morgan fingerprint density at radius 2 is 2.50 bits per heavy atom. The molecular weight excluding hydrogens is 150 g/mol. The molecule has 0 aliphatic carbocycles. The van der Waals surface area contributed by atoms with Gasteiger partial charge < -0.3 is 0 Å². The Kier molecular flexibility index (Phi) is 6.37. The number of aliphatic hydroxyl groups excluding tert-OH is 1. The minimum absolute atomic E-state index is 0.0327. The van der Waals surface area contributed by atoms with Crippen molar-refractivity contribution in [1.29, 1.82) is 0 Å². The molecule has 0 aromatic heterocycles. The zero-order valence-corrected chi connectivity index (χ0v) is 4.71. The van der Waals surface area contributed by atoms with Gasteiger partial charge in [0.05, 0.1) is 0 Å². The first-order chi connectivity index (χ1) is 2.91. The maximum atomic E-state index is 8.00. The van der Waals surface area contributed by atoms with Crippen LogP contribution in [-0.2, 0) is 17.7 Å². The molecule has 0 radical (unpaired) electrons. The fourth-order valence-corrected chi connectivity index (χ4v) is 0.421. The average molecular weight is 155 g/mol. The molecule has 0 unspecified atom stereocenters. The average Bonchev–Trinajstić information content (AvgIpc) is 1.61. The van der Waals surface area contributed by atoms with Gasteiger partial charge in [0.2, 0.25) is 0 Å². The Bertz CT molecular complexity index is 23.5. The molecule has 0 heterocycles. The van der Waals surface area contributed by atoms with E-state index in [1.807, 2.05) is 0 Å². The van der Waals surface area contributed by atoms with Crippen LogP contribution in [0.5, 0.6) is 0 Å². The van der Waals surface area contributed by atoms with Gasteiger partial charge in [-0.05, 0) is 0 Å². The van der Waals surface area contributed by atoms with Crippen LogP contribution in [0.1, 0.15) is 0 Å². The predicted molar refractivity (Wildman–Crippen MR) is 18.9 cm³/mol. The molecule has 0 aromatic rings. The van der Waals surface area contributed by atoms with Crippen molar-refractivity contribution >= 4 is 10.2 Å². The Hall–Kier alpha value is 0.704. The van der Waals surface area contributed by atoms with Crippen molar-refractivity contribution < 1.29 is 22.9 Å². The quantitative estimate of drug-likeness (QED) is 0.464. The molecule has 0 fully saturated rings. The van der Waals surface area contributed by atoms with Crippen LogP contribution in [0.15, 0.2) is 0 Å². The molecule has 2 nitrogen and oxygen atoms in total. The van der Waals surface area contributed by atoms with E-state index in [9.17, 15) is 0 Å². The van der Waals surface area contributed by atoms with Crippen molar-refractivity contribution in [3.63, 3.8) is 0 Å². The summed E-state index contributed by atoms with van der Waals surface area (Å²) in [5.41, 5.74) is 0. The van der Waals surface area contributed by atoms with E-state index in [1.165, 1.54) is 0 Å². The molecule has 0 atom stereocenters. The fraction of sp³-hybridized carbons (Fsp3) is 1.00. The molecule has 42 valence electrons. The molecule has 0 aromatic carbocycles. The summed E-state index contributed by atoms with van der Waals surface area (Å²) in [5.74, 6) is 0. The molecule has 0 saturated heterocycles. The van der Waals surface area contributed by atoms with Crippen molar-refractivity contribution in [2.75, 3.05) is 13.2 Å². The summed E-state index contributed by atoms with van der Waals surface area (Å²) in [4.78, 5) is 0. The Morgan fingerprint density at radius 3 is 2.67 bits per heavy atom. The van der Waals surface area contributed by atoms with E-state index in [0.29, 0.717) is 20.5 Å². The summed E-state index contributed by atoms with van der Waals surface area (Å²) in [5, 5.41) is 8.00. The summed E-state index contributed by atoms with van der Waals surface area (Å²) < 4.78 is 4.44. The second kappa shape index (κ2) is 5.70. The predicted octanol–water partition coefficient (Wildman–Crippen LogP) is 0.147. The van der Waals surface area contributed by atoms with E-state index in [2.05, 4.69) is 3.88 Å². The summed E-state index contributed by atoms with van der Waals surface area (Å²) in [6.07, 6.45) is 0. The second-order valence-corrected chi connectivity index (χ2v) is 1.41. The van der Waals surface area contributed by atoms with Crippen molar-refractivity contribution in [1.82, 2.24) is 0 Å². The number of aliphatic hydroxyl groups is 1. The number of hydrogen-bond donors (Lipinski definition) is 1. The molecule has 4 heteroatoms. The van der Waals surface area contributed by atoms with Crippen molar-refractivity contribution in [2.45, 2.75) is 0 Å². The van der Waals surface area contributed by atoms with Gasteiger partial charge in [-0.1, -0.05) is 0 Å². The summed E-state index contributed by atoms with van der Waals surface area (Å²) >= 11 is 0.596. The molecule has 0 aliphatic rings. The molecule has 6 heavy (non-hydrogen) atoms. The number of rotatable bonds is 3. The Balaban J connectivity index is 2.34. The molecular formula is C2H5ClNiO2. The first-order valence-electron chi connectivity index (χ1n) is 1.35. The summed E-state index contributed by atoms with van der Waals surface area (Å²) in [6.45, 7) is 0.342. The van der Waals surface area contributed by atoms with Crippen LogP contribution >= 0.6 is 10.2 Å². The fourth-order valence-electron chi connectivity index (χ4n) is 0.0533. The number of halogens is 1. The third-order valence-electron chi connectivity index (χ3n) is 0.190. The Labute approximate surface area is 46.8 Å². The zero-order chi connectivity index (χ0) is 4.83. The zero-order valence-electron chi connectivity index (χ0n) is 2.96. The van der Waals surface area contributed by atoms with Crippen molar-refractivity contribution in [2.24, 2.45) is 0 Å². The first kappa shape index (κ1) is 6.70. The van der Waals surface area contributed by atoms with Crippen LogP contribution in [0.25, 0.3) is 0 Å². The third-order valence-corrected chi connectivity index (χ3v) is 0.784. The van der Waals surface area contributed by atoms with E-state index < -0.39 is 0 Å². The monoisotopic (exact) mass is 154 g/mol. The van der Waals surface area contributed by atoms with E-state index in [-0.39, 0.29) is 6.61 Å². The molecule has 0 rings (SSSR count). The van der Waals surface area contributed by atoms with Crippen LogP contribution in [0.2, 0.25) is 0 Å². The molecule has 1 N–H and O–H groups in total. The molecule has 0 saturated carbocycles. The van der Waals surface area contributed by atoms with Crippen LogP contribution < -0.4 is 0 Å². The molecule has 0 aliphatic heterocycles. The van der Waals surface area contributed by atoms with Gasteiger partial charge in [0.15, 0.2) is 0 Å². The van der Waals surface area contributed by atoms with E-state index >= 15 is 0 Å². The maximum absolute atomic E-state index is 8.00. The third kappa shape index (κ3) is 4.70. The van der Waals surface area contributed by atoms with Gasteiger partial charge in [-0.25, -0.2) is 0 Å². The van der Waals surface area contributed by atoms with Crippen LogP contribution in [0.3, 0.4) is 0 Å². The van der Waals surface area contributed by atoms with Gasteiger partial charge in [0.25, 0.3) is 0 Å². The topological polar surface area (TPSA) is 29.5 Å². The molecule has 0 bridgehead atoms. The van der Waals surface area contributed by atoms with Gasteiger partial charge in [-0.2, -0.15) is 0 Å². The normalized spacial score (nSPS) is 9.67. The van der Waals surface area contributed by atoms with Crippen molar-refractivity contribution in [3.8, 4) is 0 Å². The van der Waals surface area contributed by atoms with E-state index in [0.717, 1.165) is 0 Å². The molecule has 0 spiro atoms. The van der Waals surface area contributed by atoms with E-state index in [4.69, 9.17) is 15.3 Å². The van der Waals surface area contributed by atoms with Crippen molar-refractivity contribution in [3.05, 3.63) is 0 Å². The standard InChI is InChI=1S/C2H5O2.ClH.Ni/c3-1-2-4;;/h3H,1-2H2;1H;/q-1;;+2/p-1. The summed E-state index contributed by atoms with van der Waals surface area (Å²) in [6, 6.07) is 0. The van der Waals surface area contributed by atoms with Crippen LogP contribution in [0.4, 0.5) is 0 Å². The number of hydrogen-bond acceptors (Lipinski definition) is 2. The minimum atomic E-state index is 0.0327. The van der Waals surface area contributed by atoms with Gasteiger partial charge in [0.1, 0.15) is 0 Å². The molecule has 0 amide bonds. The SMILES string of the molecule is OCC[O][Ni][Cl]. The van der Waals surface area contributed by atoms with Gasteiger partial charge in [-0.15, -0.1) is 0 Å². The van der Waals surface area contributed by atoms with E-state index in [1.54, 1.807) is 0 Å². The second-order valence-electron chi connectivity index (χ2n) is 0.568. The summed E-state index contributed by atoms with van der Waals surface area (Å²) in [7, 11) is 4.98. The van der Waals surface area contributed by atoms with Gasteiger partial charge >= 0.3 is 46.3 Å².